The Morgan fingerprint density at radius 2 is 2.07 bits per heavy atom. The zero-order valence-corrected chi connectivity index (χ0v) is 10.6. The van der Waals surface area contributed by atoms with E-state index >= 15 is 0 Å². The van der Waals surface area contributed by atoms with Crippen LogP contribution in [0, 0.1) is 0 Å². The molecule has 1 aliphatic rings. The molecular formula is C11H24N2S. The normalized spacial score (nSPS) is 19.7. The van der Waals surface area contributed by atoms with Gasteiger partial charge in [0.15, 0.2) is 0 Å². The zero-order valence-electron chi connectivity index (χ0n) is 9.81. The first-order chi connectivity index (χ1) is 6.68. The average molecular weight is 216 g/mol. The first kappa shape index (κ1) is 12.3. The summed E-state index contributed by atoms with van der Waals surface area (Å²) in [4.78, 5) is 2.25. The van der Waals surface area contributed by atoms with Crippen molar-refractivity contribution in [2.75, 3.05) is 40.0 Å². The number of nitrogens with zero attached hydrogens (tertiary/aromatic N) is 1. The van der Waals surface area contributed by atoms with Gasteiger partial charge in [0, 0.05) is 11.3 Å². The third-order valence-corrected chi connectivity index (χ3v) is 4.52. The van der Waals surface area contributed by atoms with Crippen molar-refractivity contribution in [2.24, 2.45) is 0 Å². The van der Waals surface area contributed by atoms with Crippen LogP contribution in [0.5, 0.6) is 0 Å². The van der Waals surface area contributed by atoms with Gasteiger partial charge in [-0.15, -0.1) is 0 Å². The number of thioether (sulfide) groups is 1. The van der Waals surface area contributed by atoms with E-state index in [1.807, 2.05) is 0 Å². The second-order valence-electron chi connectivity index (χ2n) is 4.57. The molecule has 1 fully saturated rings. The van der Waals surface area contributed by atoms with Crippen LogP contribution in [-0.2, 0) is 0 Å². The molecule has 1 aliphatic carbocycles. The standard InChI is InChI=1S/C11H24N2S/c1-13(2)9-5-8-12-10-11(14-3)6-4-7-11/h12H,4-10H2,1-3H3. The van der Waals surface area contributed by atoms with Gasteiger partial charge in [0.1, 0.15) is 0 Å². The van der Waals surface area contributed by atoms with Gasteiger partial charge in [0.25, 0.3) is 0 Å². The topological polar surface area (TPSA) is 15.3 Å². The Kier molecular flexibility index (Phi) is 5.28. The first-order valence-corrected chi connectivity index (χ1v) is 6.82. The smallest absolute Gasteiger partial charge is 0.0281 e. The number of nitrogens with one attached hydrogen (secondary N) is 1. The van der Waals surface area contributed by atoms with Crippen molar-refractivity contribution < 1.29 is 0 Å². The predicted molar refractivity (Wildman–Crippen MR) is 66.1 cm³/mol. The molecule has 0 saturated heterocycles. The van der Waals surface area contributed by atoms with Crippen LogP contribution in [0.2, 0.25) is 0 Å². The van der Waals surface area contributed by atoms with E-state index in [0.29, 0.717) is 4.75 Å². The summed E-state index contributed by atoms with van der Waals surface area (Å²) < 4.78 is 0.595. The number of rotatable bonds is 7. The summed E-state index contributed by atoms with van der Waals surface area (Å²) in [5, 5.41) is 3.59. The Hall–Kier alpha value is 0.270. The molecule has 2 nitrogen and oxygen atoms in total. The molecule has 0 radical (unpaired) electrons. The molecule has 84 valence electrons. The molecule has 14 heavy (non-hydrogen) atoms. The summed E-state index contributed by atoms with van der Waals surface area (Å²) in [5.41, 5.74) is 0. The minimum absolute atomic E-state index is 0.595. The molecule has 3 heteroatoms. The number of hydrogen-bond donors (Lipinski definition) is 1. The highest BCUT2D eigenvalue weighted by Gasteiger charge is 2.35. The maximum absolute atomic E-state index is 3.59. The van der Waals surface area contributed by atoms with Crippen LogP contribution in [0.3, 0.4) is 0 Å². The van der Waals surface area contributed by atoms with Crippen molar-refractivity contribution >= 4 is 11.8 Å². The minimum atomic E-state index is 0.595. The SMILES string of the molecule is CSC1(CNCCCN(C)C)CCC1. The van der Waals surface area contributed by atoms with Gasteiger partial charge in [-0.3, -0.25) is 0 Å². The second kappa shape index (κ2) is 5.99. The van der Waals surface area contributed by atoms with Gasteiger partial charge in [-0.05, 0) is 52.7 Å². The molecule has 1 saturated carbocycles. The Bertz CT molecular complexity index is 150. The molecule has 1 rings (SSSR count). The molecule has 0 aromatic rings. The van der Waals surface area contributed by atoms with Crippen LogP contribution in [-0.4, -0.2) is 49.6 Å². The van der Waals surface area contributed by atoms with E-state index in [0.717, 1.165) is 0 Å². The highest BCUT2D eigenvalue weighted by molar-refractivity contribution is 8.00. The summed E-state index contributed by atoms with van der Waals surface area (Å²) in [6, 6.07) is 0. The highest BCUT2D eigenvalue weighted by Crippen LogP contribution is 2.42. The summed E-state index contributed by atoms with van der Waals surface area (Å²) in [6.07, 6.45) is 7.77. The van der Waals surface area contributed by atoms with Gasteiger partial charge >= 0.3 is 0 Å². The fourth-order valence-corrected chi connectivity index (χ4v) is 2.80. The maximum Gasteiger partial charge on any atom is 0.0281 e. The van der Waals surface area contributed by atoms with Gasteiger partial charge < -0.3 is 10.2 Å². The van der Waals surface area contributed by atoms with Gasteiger partial charge in [0.2, 0.25) is 0 Å². The van der Waals surface area contributed by atoms with Crippen molar-refractivity contribution in [2.45, 2.75) is 30.4 Å². The lowest BCUT2D eigenvalue weighted by molar-refractivity contribution is 0.338. The molecule has 0 spiro atoms. The lowest BCUT2D eigenvalue weighted by Crippen LogP contribution is -2.43. The average Bonchev–Trinajstić information content (AvgIpc) is 2.08. The van der Waals surface area contributed by atoms with E-state index in [9.17, 15) is 0 Å². The molecule has 0 aromatic heterocycles. The Morgan fingerprint density at radius 3 is 2.50 bits per heavy atom. The fraction of sp³-hybridized carbons (Fsp3) is 1.00. The summed E-state index contributed by atoms with van der Waals surface area (Å²) in [6.45, 7) is 3.57. The predicted octanol–water partition coefficient (Wildman–Crippen LogP) is 1.81. The lowest BCUT2D eigenvalue weighted by atomic mass is 9.84. The van der Waals surface area contributed by atoms with Crippen LogP contribution in [0.1, 0.15) is 25.7 Å². The Balaban J connectivity index is 1.97. The minimum Gasteiger partial charge on any atom is -0.315 e. The van der Waals surface area contributed by atoms with Crippen molar-refractivity contribution in [3.8, 4) is 0 Å². The summed E-state index contributed by atoms with van der Waals surface area (Å²) >= 11 is 2.05. The molecule has 0 bridgehead atoms. The third kappa shape index (κ3) is 3.79. The van der Waals surface area contributed by atoms with E-state index in [1.165, 1.54) is 45.3 Å². The van der Waals surface area contributed by atoms with Gasteiger partial charge in [0.05, 0.1) is 0 Å². The molecule has 0 amide bonds. The summed E-state index contributed by atoms with van der Waals surface area (Å²) in [5.74, 6) is 0. The highest BCUT2D eigenvalue weighted by atomic mass is 32.2. The fourth-order valence-electron chi connectivity index (χ4n) is 1.86. The molecule has 0 heterocycles. The van der Waals surface area contributed by atoms with E-state index < -0.39 is 0 Å². The third-order valence-electron chi connectivity index (χ3n) is 3.10. The van der Waals surface area contributed by atoms with E-state index in [2.05, 4.69) is 42.3 Å². The quantitative estimate of drug-likeness (QED) is 0.654. The molecule has 1 N–H and O–H groups in total. The van der Waals surface area contributed by atoms with Crippen LogP contribution < -0.4 is 5.32 Å². The van der Waals surface area contributed by atoms with Crippen molar-refractivity contribution in [3.05, 3.63) is 0 Å². The van der Waals surface area contributed by atoms with Crippen LogP contribution in [0.15, 0.2) is 0 Å². The van der Waals surface area contributed by atoms with Gasteiger partial charge in [-0.1, -0.05) is 6.42 Å². The van der Waals surface area contributed by atoms with Crippen LogP contribution in [0.4, 0.5) is 0 Å². The molecular weight excluding hydrogens is 192 g/mol. The second-order valence-corrected chi connectivity index (χ2v) is 5.85. The molecule has 0 unspecified atom stereocenters. The van der Waals surface area contributed by atoms with E-state index in [4.69, 9.17) is 0 Å². The van der Waals surface area contributed by atoms with Crippen LogP contribution in [0.25, 0.3) is 0 Å². The van der Waals surface area contributed by atoms with Crippen molar-refractivity contribution in [1.29, 1.82) is 0 Å². The monoisotopic (exact) mass is 216 g/mol. The van der Waals surface area contributed by atoms with E-state index in [-0.39, 0.29) is 0 Å². The first-order valence-electron chi connectivity index (χ1n) is 5.59. The van der Waals surface area contributed by atoms with Crippen molar-refractivity contribution in [1.82, 2.24) is 10.2 Å². The van der Waals surface area contributed by atoms with E-state index in [1.54, 1.807) is 0 Å². The Labute approximate surface area is 92.8 Å². The largest absolute Gasteiger partial charge is 0.315 e. The maximum atomic E-state index is 3.59. The Morgan fingerprint density at radius 1 is 1.36 bits per heavy atom. The molecule has 0 aromatic carbocycles. The van der Waals surface area contributed by atoms with Gasteiger partial charge in [-0.25, -0.2) is 0 Å². The molecule has 0 aliphatic heterocycles. The van der Waals surface area contributed by atoms with Crippen LogP contribution >= 0.6 is 11.8 Å². The lowest BCUT2D eigenvalue weighted by Gasteiger charge is -2.40. The van der Waals surface area contributed by atoms with Crippen molar-refractivity contribution in [3.63, 3.8) is 0 Å². The molecule has 0 atom stereocenters. The zero-order chi connectivity index (χ0) is 10.4. The number of hydrogen-bond acceptors (Lipinski definition) is 3. The summed E-state index contributed by atoms with van der Waals surface area (Å²) in [7, 11) is 4.27. The van der Waals surface area contributed by atoms with Gasteiger partial charge in [-0.2, -0.15) is 11.8 Å².